The molecule has 1 aromatic rings. The number of nitrogens with one attached hydrogen (secondary N) is 1. The maximum Gasteiger partial charge on any atom is 0.234 e. The van der Waals surface area contributed by atoms with Crippen molar-refractivity contribution < 1.29 is 9.59 Å². The molecule has 0 radical (unpaired) electrons. The van der Waals surface area contributed by atoms with Crippen LogP contribution in [0.4, 0.5) is 0 Å². The first-order valence-corrected chi connectivity index (χ1v) is 5.56. The van der Waals surface area contributed by atoms with Crippen LogP contribution < -0.4 is 5.32 Å². The predicted octanol–water partition coefficient (Wildman–Crippen LogP) is 1.97. The molecule has 2 rings (SSSR count). The first-order chi connectivity index (χ1) is 7.18. The molecular weight excluding hydrogens is 258 g/mol. The molecule has 0 spiro atoms. The van der Waals surface area contributed by atoms with Gasteiger partial charge in [0.05, 0.1) is 5.92 Å². The summed E-state index contributed by atoms with van der Waals surface area (Å²) < 4.78 is 0.916. The van der Waals surface area contributed by atoms with Crippen molar-refractivity contribution >= 4 is 27.7 Å². The van der Waals surface area contributed by atoms with Gasteiger partial charge in [-0.3, -0.25) is 14.9 Å². The number of halogens is 1. The monoisotopic (exact) mass is 267 g/mol. The zero-order valence-electron chi connectivity index (χ0n) is 8.00. The molecule has 1 unspecified atom stereocenters. The van der Waals surface area contributed by atoms with E-state index >= 15 is 0 Å². The van der Waals surface area contributed by atoms with E-state index < -0.39 is 0 Å². The summed E-state index contributed by atoms with van der Waals surface area (Å²) in [5.74, 6) is -0.584. The number of carbonyl (C=O) groups is 2. The minimum atomic E-state index is -0.210. The van der Waals surface area contributed by atoms with E-state index in [4.69, 9.17) is 0 Å². The Morgan fingerprint density at radius 2 is 2.00 bits per heavy atom. The van der Waals surface area contributed by atoms with Crippen LogP contribution in [0.5, 0.6) is 0 Å². The van der Waals surface area contributed by atoms with Gasteiger partial charge in [0.2, 0.25) is 11.8 Å². The van der Waals surface area contributed by atoms with Crippen LogP contribution in [-0.2, 0) is 9.59 Å². The van der Waals surface area contributed by atoms with Gasteiger partial charge in [0.15, 0.2) is 0 Å². The molecule has 0 bridgehead atoms. The quantitative estimate of drug-likeness (QED) is 0.791. The van der Waals surface area contributed by atoms with Gasteiger partial charge in [0, 0.05) is 10.9 Å². The van der Waals surface area contributed by atoms with Gasteiger partial charge >= 0.3 is 0 Å². The Bertz CT molecular complexity index is 417. The Balaban J connectivity index is 2.28. The van der Waals surface area contributed by atoms with Crippen molar-refractivity contribution in [3.8, 4) is 0 Å². The lowest BCUT2D eigenvalue weighted by Crippen LogP contribution is -2.39. The zero-order valence-corrected chi connectivity index (χ0v) is 9.58. The fourth-order valence-corrected chi connectivity index (χ4v) is 2.31. The van der Waals surface area contributed by atoms with Gasteiger partial charge in [0.25, 0.3) is 0 Å². The summed E-state index contributed by atoms with van der Waals surface area (Å²) in [4.78, 5) is 22.6. The van der Waals surface area contributed by atoms with Crippen molar-refractivity contribution in [3.63, 3.8) is 0 Å². The molecule has 1 fully saturated rings. The highest BCUT2D eigenvalue weighted by Gasteiger charge is 2.28. The van der Waals surface area contributed by atoms with E-state index in [-0.39, 0.29) is 17.7 Å². The summed E-state index contributed by atoms with van der Waals surface area (Å²) in [6.45, 7) is 0. The Hall–Kier alpha value is -1.16. The molecule has 4 heteroatoms. The largest absolute Gasteiger partial charge is 0.296 e. The summed E-state index contributed by atoms with van der Waals surface area (Å²) >= 11 is 3.41. The third-order valence-electron chi connectivity index (χ3n) is 2.52. The first-order valence-electron chi connectivity index (χ1n) is 4.76. The van der Waals surface area contributed by atoms with Crippen molar-refractivity contribution in [1.29, 1.82) is 0 Å². The van der Waals surface area contributed by atoms with Gasteiger partial charge in [0.1, 0.15) is 0 Å². The topological polar surface area (TPSA) is 46.2 Å². The third-order valence-corrected chi connectivity index (χ3v) is 3.24. The Labute approximate surface area is 96.0 Å². The van der Waals surface area contributed by atoms with E-state index in [2.05, 4.69) is 21.2 Å². The predicted molar refractivity (Wildman–Crippen MR) is 59.3 cm³/mol. The molecule has 0 aliphatic carbocycles. The number of rotatable bonds is 1. The fourth-order valence-electron chi connectivity index (χ4n) is 1.75. The van der Waals surface area contributed by atoms with Gasteiger partial charge in [-0.25, -0.2) is 0 Å². The number of imide groups is 1. The molecule has 2 amide bonds. The Kier molecular flexibility index (Phi) is 2.86. The van der Waals surface area contributed by atoms with Crippen molar-refractivity contribution in [2.45, 2.75) is 18.8 Å². The molecular formula is C11H10BrNO2. The first kappa shape index (κ1) is 10.4. The SMILES string of the molecule is O=C1CCC(c2ccccc2Br)C(=O)N1. The van der Waals surface area contributed by atoms with Crippen LogP contribution in [0.3, 0.4) is 0 Å². The van der Waals surface area contributed by atoms with E-state index in [9.17, 15) is 9.59 Å². The van der Waals surface area contributed by atoms with Gasteiger partial charge in [-0.15, -0.1) is 0 Å². The highest BCUT2D eigenvalue weighted by molar-refractivity contribution is 9.10. The Morgan fingerprint density at radius 1 is 1.27 bits per heavy atom. The van der Waals surface area contributed by atoms with Crippen LogP contribution >= 0.6 is 15.9 Å². The molecule has 1 atom stereocenters. The van der Waals surface area contributed by atoms with Crippen molar-refractivity contribution in [1.82, 2.24) is 5.32 Å². The second kappa shape index (κ2) is 4.14. The summed E-state index contributed by atoms with van der Waals surface area (Å²) in [5.41, 5.74) is 0.947. The maximum atomic E-state index is 11.6. The molecule has 1 aliphatic rings. The lowest BCUT2D eigenvalue weighted by Gasteiger charge is -2.21. The molecule has 0 aromatic heterocycles. The summed E-state index contributed by atoms with van der Waals surface area (Å²) in [5, 5.41) is 2.36. The third kappa shape index (κ3) is 2.09. The summed E-state index contributed by atoms with van der Waals surface area (Å²) in [6, 6.07) is 7.60. The Morgan fingerprint density at radius 3 is 2.67 bits per heavy atom. The normalized spacial score (nSPS) is 21.3. The molecule has 0 saturated carbocycles. The second-order valence-electron chi connectivity index (χ2n) is 3.53. The maximum absolute atomic E-state index is 11.6. The van der Waals surface area contributed by atoms with Crippen LogP contribution in [0.2, 0.25) is 0 Å². The molecule has 1 N–H and O–H groups in total. The van der Waals surface area contributed by atoms with E-state index in [1.807, 2.05) is 24.3 Å². The minimum absolute atomic E-state index is 0.177. The molecule has 3 nitrogen and oxygen atoms in total. The van der Waals surface area contributed by atoms with Crippen LogP contribution in [0.25, 0.3) is 0 Å². The molecule has 78 valence electrons. The standard InChI is InChI=1S/C11H10BrNO2/c12-9-4-2-1-3-7(9)8-5-6-10(14)13-11(8)15/h1-4,8H,5-6H2,(H,13,14,15). The average Bonchev–Trinajstić information content (AvgIpc) is 2.20. The van der Waals surface area contributed by atoms with Gasteiger partial charge in [-0.2, -0.15) is 0 Å². The van der Waals surface area contributed by atoms with E-state index in [1.165, 1.54) is 0 Å². The van der Waals surface area contributed by atoms with Crippen LogP contribution in [0, 0.1) is 0 Å². The molecule has 15 heavy (non-hydrogen) atoms. The summed E-state index contributed by atoms with van der Waals surface area (Å²) in [6.07, 6.45) is 1.00. The minimum Gasteiger partial charge on any atom is -0.296 e. The lowest BCUT2D eigenvalue weighted by atomic mass is 9.91. The number of benzene rings is 1. The number of carbonyl (C=O) groups excluding carboxylic acids is 2. The van der Waals surface area contributed by atoms with Gasteiger partial charge in [-0.1, -0.05) is 34.1 Å². The highest BCUT2D eigenvalue weighted by Crippen LogP contribution is 2.30. The van der Waals surface area contributed by atoms with Gasteiger partial charge in [-0.05, 0) is 18.1 Å². The average molecular weight is 268 g/mol. The van der Waals surface area contributed by atoms with E-state index in [0.29, 0.717) is 12.8 Å². The second-order valence-corrected chi connectivity index (χ2v) is 4.38. The zero-order chi connectivity index (χ0) is 10.8. The number of amides is 2. The molecule has 1 heterocycles. The van der Waals surface area contributed by atoms with E-state index in [1.54, 1.807) is 0 Å². The van der Waals surface area contributed by atoms with Crippen molar-refractivity contribution in [2.75, 3.05) is 0 Å². The lowest BCUT2D eigenvalue weighted by molar-refractivity contribution is -0.134. The van der Waals surface area contributed by atoms with Crippen LogP contribution in [-0.4, -0.2) is 11.8 Å². The van der Waals surface area contributed by atoms with Gasteiger partial charge < -0.3 is 0 Å². The fraction of sp³-hybridized carbons (Fsp3) is 0.273. The highest BCUT2D eigenvalue weighted by atomic mass is 79.9. The molecule has 1 aliphatic heterocycles. The molecule has 1 aromatic carbocycles. The van der Waals surface area contributed by atoms with Crippen LogP contribution in [0.1, 0.15) is 24.3 Å². The molecule has 1 saturated heterocycles. The number of hydrogen-bond donors (Lipinski definition) is 1. The number of hydrogen-bond acceptors (Lipinski definition) is 2. The number of piperidine rings is 1. The summed E-state index contributed by atoms with van der Waals surface area (Å²) in [7, 11) is 0. The van der Waals surface area contributed by atoms with Crippen LogP contribution in [0.15, 0.2) is 28.7 Å². The smallest absolute Gasteiger partial charge is 0.234 e. The van der Waals surface area contributed by atoms with Crippen molar-refractivity contribution in [2.24, 2.45) is 0 Å². The van der Waals surface area contributed by atoms with Crippen molar-refractivity contribution in [3.05, 3.63) is 34.3 Å². The van der Waals surface area contributed by atoms with E-state index in [0.717, 1.165) is 10.0 Å².